The molecular formula is C13H29F5S. The van der Waals surface area contributed by atoms with Crippen molar-refractivity contribution in [1.29, 1.82) is 0 Å². The topological polar surface area (TPSA) is 0 Å². The van der Waals surface area contributed by atoms with Crippen molar-refractivity contribution in [2.75, 3.05) is 0 Å². The summed E-state index contributed by atoms with van der Waals surface area (Å²) in [6.07, 6.45) is 2.07. The van der Waals surface area contributed by atoms with Crippen LogP contribution in [0.5, 0.6) is 0 Å². The number of rotatable bonds is 4. The molecule has 19 heavy (non-hydrogen) atoms. The molecule has 122 valence electrons. The van der Waals surface area contributed by atoms with E-state index in [2.05, 4.69) is 6.58 Å². The molecule has 0 aromatic heterocycles. The van der Waals surface area contributed by atoms with Crippen molar-refractivity contribution in [3.05, 3.63) is 23.6 Å². The molecule has 0 N–H and O–H groups in total. The Morgan fingerprint density at radius 3 is 1.42 bits per heavy atom. The molecule has 0 radical (unpaired) electrons. The Bertz CT molecular complexity index is 237. The van der Waals surface area contributed by atoms with Crippen molar-refractivity contribution in [2.24, 2.45) is 0 Å². The summed E-state index contributed by atoms with van der Waals surface area (Å²) in [4.78, 5) is -1.90. The predicted octanol–water partition coefficient (Wildman–Crippen LogP) is 8.23. The highest BCUT2D eigenvalue weighted by atomic mass is 32.5. The summed E-state index contributed by atoms with van der Waals surface area (Å²) in [5, 5.41) is 0. The Hall–Kier alpha value is -0.520. The maximum atomic E-state index is 11.9. The van der Waals surface area contributed by atoms with Gasteiger partial charge in [0.1, 0.15) is 0 Å². The van der Waals surface area contributed by atoms with Crippen molar-refractivity contribution in [3.8, 4) is 0 Å². The molecule has 0 aliphatic heterocycles. The summed E-state index contributed by atoms with van der Waals surface area (Å²) >= 11 is 0. The molecule has 0 amide bonds. The molecule has 0 aromatic carbocycles. The van der Waals surface area contributed by atoms with Gasteiger partial charge in [0.05, 0.1) is 4.91 Å². The van der Waals surface area contributed by atoms with Gasteiger partial charge in [0.25, 0.3) is 0 Å². The second kappa shape index (κ2) is 10.3. The first-order valence-electron chi connectivity index (χ1n) is 6.50. The largest absolute Gasteiger partial charge is 0.306 e. The van der Waals surface area contributed by atoms with Crippen molar-refractivity contribution in [2.45, 2.75) is 61.3 Å². The van der Waals surface area contributed by atoms with Gasteiger partial charge in [-0.25, -0.2) is 0 Å². The van der Waals surface area contributed by atoms with Gasteiger partial charge in [0, 0.05) is 0 Å². The predicted molar refractivity (Wildman–Crippen MR) is 80.4 cm³/mol. The molecule has 0 saturated carbocycles. The van der Waals surface area contributed by atoms with Gasteiger partial charge in [-0.15, -0.1) is 0 Å². The van der Waals surface area contributed by atoms with E-state index in [4.69, 9.17) is 0 Å². The number of hydrogen-bond donors (Lipinski definition) is 0. The summed E-state index contributed by atoms with van der Waals surface area (Å²) < 4.78 is 59.6. The average molecular weight is 312 g/mol. The molecule has 0 spiro atoms. The van der Waals surface area contributed by atoms with Crippen LogP contribution in [0.2, 0.25) is 0 Å². The maximum Gasteiger partial charge on any atom is 0.306 e. The average Bonchev–Trinajstić information content (AvgIpc) is 2.34. The minimum Gasteiger partial charge on any atom is -0.0939 e. The summed E-state index contributed by atoms with van der Waals surface area (Å²) in [5.41, 5.74) is 0. The molecule has 0 heterocycles. The van der Waals surface area contributed by atoms with E-state index in [1.54, 1.807) is 6.92 Å². The van der Waals surface area contributed by atoms with Gasteiger partial charge in [0.15, 0.2) is 0 Å². The lowest BCUT2D eigenvalue weighted by molar-refractivity contribution is 0.376. The summed E-state index contributed by atoms with van der Waals surface area (Å²) in [6, 6.07) is 0. The zero-order valence-electron chi connectivity index (χ0n) is 13.1. The second-order valence-electron chi connectivity index (χ2n) is 2.62. The smallest absolute Gasteiger partial charge is 0.0939 e. The highest BCUT2D eigenvalue weighted by Gasteiger charge is 2.65. The van der Waals surface area contributed by atoms with Gasteiger partial charge in [-0.05, 0) is 19.8 Å². The molecular weight excluding hydrogens is 283 g/mol. The maximum absolute atomic E-state index is 11.9. The lowest BCUT2D eigenvalue weighted by Gasteiger charge is -2.42. The van der Waals surface area contributed by atoms with Gasteiger partial charge in [0.2, 0.25) is 0 Å². The van der Waals surface area contributed by atoms with E-state index >= 15 is 0 Å². The third kappa shape index (κ3) is 20.0. The summed E-state index contributed by atoms with van der Waals surface area (Å²) in [5.74, 6) is 0. The van der Waals surface area contributed by atoms with Crippen molar-refractivity contribution in [1.82, 2.24) is 0 Å². The van der Waals surface area contributed by atoms with E-state index in [1.165, 1.54) is 12.2 Å². The van der Waals surface area contributed by atoms with Crippen LogP contribution in [0, 0.1) is 0 Å². The number of hydrogen-bond acceptors (Lipinski definition) is 0. The lowest BCUT2D eigenvalue weighted by atomic mass is 10.3. The van der Waals surface area contributed by atoms with Crippen LogP contribution in [-0.2, 0) is 0 Å². The van der Waals surface area contributed by atoms with Gasteiger partial charge < -0.3 is 0 Å². The fourth-order valence-corrected chi connectivity index (χ4v) is 1.11. The Morgan fingerprint density at radius 2 is 1.21 bits per heavy atom. The SMILES string of the molecule is C=C(CC/C=C\C)S(F)(F)(F)(F)F.CC.CC.CC. The number of halogens is 5. The summed E-state index contributed by atoms with van der Waals surface area (Å²) in [7, 11) is -9.43. The molecule has 0 bridgehead atoms. The standard InChI is InChI=1S/C7H11F5S.3C2H6/c1-3-4-5-6-7(2)13(8,9,10,11)12;3*1-2/h3-4H,2,5-6H2,1H3;3*1-2H3/b4-3-;;;. The highest BCUT2D eigenvalue weighted by molar-refractivity contribution is 8.48. The first-order chi connectivity index (χ1) is 8.47. The highest BCUT2D eigenvalue weighted by Crippen LogP contribution is 3.02. The van der Waals surface area contributed by atoms with E-state index in [0.717, 1.165) is 0 Å². The lowest BCUT2D eigenvalue weighted by Crippen LogP contribution is -2.07. The van der Waals surface area contributed by atoms with Crippen LogP contribution in [0.15, 0.2) is 23.6 Å². The fourth-order valence-electron chi connectivity index (χ4n) is 0.604. The zero-order chi connectivity index (χ0) is 16.8. The first-order valence-corrected chi connectivity index (χ1v) is 8.45. The van der Waals surface area contributed by atoms with Gasteiger partial charge >= 0.3 is 10.2 Å². The normalized spacial score (nSPS) is 13.5. The van der Waals surface area contributed by atoms with E-state index in [9.17, 15) is 19.4 Å². The van der Waals surface area contributed by atoms with Crippen LogP contribution in [-0.4, -0.2) is 0 Å². The molecule has 0 unspecified atom stereocenters. The van der Waals surface area contributed by atoms with E-state index in [1.807, 2.05) is 41.5 Å². The van der Waals surface area contributed by atoms with Crippen LogP contribution in [0.3, 0.4) is 0 Å². The van der Waals surface area contributed by atoms with Crippen molar-refractivity contribution >= 4 is 10.2 Å². The molecule has 0 atom stereocenters. The van der Waals surface area contributed by atoms with E-state index in [-0.39, 0.29) is 6.42 Å². The minimum absolute atomic E-state index is 0.0685. The molecule has 0 aromatic rings. The van der Waals surface area contributed by atoms with Crippen LogP contribution < -0.4 is 0 Å². The summed E-state index contributed by atoms with van der Waals surface area (Å²) in [6.45, 7) is 16.0. The molecule has 6 heteroatoms. The zero-order valence-corrected chi connectivity index (χ0v) is 13.9. The molecule has 0 aliphatic carbocycles. The molecule has 0 fully saturated rings. The van der Waals surface area contributed by atoms with Crippen molar-refractivity contribution in [3.63, 3.8) is 0 Å². The van der Waals surface area contributed by atoms with E-state index < -0.39 is 21.5 Å². The van der Waals surface area contributed by atoms with Crippen molar-refractivity contribution < 1.29 is 19.4 Å². The monoisotopic (exact) mass is 312 g/mol. The fraction of sp³-hybridized carbons (Fsp3) is 0.692. The Morgan fingerprint density at radius 1 is 0.895 bits per heavy atom. The molecule has 0 saturated heterocycles. The third-order valence-electron chi connectivity index (χ3n) is 1.37. The Kier molecular flexibility index (Phi) is 14.6. The van der Waals surface area contributed by atoms with Gasteiger partial charge in [-0.3, -0.25) is 0 Å². The quantitative estimate of drug-likeness (QED) is 0.362. The van der Waals surface area contributed by atoms with Crippen LogP contribution >= 0.6 is 10.2 Å². The number of allylic oxidation sites excluding steroid dienone is 3. The second-order valence-corrected chi connectivity index (χ2v) is 5.13. The van der Waals surface area contributed by atoms with Crippen LogP contribution in [0.4, 0.5) is 19.4 Å². The van der Waals surface area contributed by atoms with Gasteiger partial charge in [-0.2, -0.15) is 0 Å². The van der Waals surface area contributed by atoms with Crippen LogP contribution in [0.1, 0.15) is 61.3 Å². The molecule has 0 nitrogen and oxygen atoms in total. The third-order valence-corrected chi connectivity index (χ3v) is 2.67. The molecule has 0 rings (SSSR count). The van der Waals surface area contributed by atoms with Crippen LogP contribution in [0.25, 0.3) is 0 Å². The Labute approximate surface area is 115 Å². The minimum atomic E-state index is -9.43. The molecule has 0 aliphatic rings. The van der Waals surface area contributed by atoms with Gasteiger partial charge in [-0.1, -0.05) is 79.7 Å². The first kappa shape index (κ1) is 26.9. The van der Waals surface area contributed by atoms with E-state index in [0.29, 0.717) is 0 Å². The Balaban J connectivity index is -0.000000163.